The van der Waals surface area contributed by atoms with Gasteiger partial charge in [-0.25, -0.2) is 4.98 Å². The van der Waals surface area contributed by atoms with Crippen molar-refractivity contribution in [2.75, 3.05) is 5.73 Å². The molecule has 2 heterocycles. The molecule has 0 spiro atoms. The molecule has 0 aliphatic heterocycles. The normalized spacial score (nSPS) is 11.0. The fraction of sp³-hybridized carbons (Fsp3) is 0. The molecule has 0 amide bonds. The second-order valence-electron chi connectivity index (χ2n) is 5.43. The van der Waals surface area contributed by atoms with E-state index in [0.717, 1.165) is 16.6 Å². The van der Waals surface area contributed by atoms with Gasteiger partial charge in [0.15, 0.2) is 0 Å². The number of nitrogens with zero attached hydrogens (tertiary/aromatic N) is 2. The highest BCUT2D eigenvalue weighted by atomic mass is 35.5. The minimum absolute atomic E-state index is 0.128. The highest BCUT2D eigenvalue weighted by molar-refractivity contribution is 6.30. The number of nitrogens with two attached hydrogens (primary N) is 1. The number of rotatable bonds is 2. The summed E-state index contributed by atoms with van der Waals surface area (Å²) in [6.45, 7) is 0. The van der Waals surface area contributed by atoms with Crippen molar-refractivity contribution in [3.63, 3.8) is 0 Å². The molecule has 0 saturated heterocycles. The summed E-state index contributed by atoms with van der Waals surface area (Å²) in [5.74, 6) is 0.467. The maximum atomic E-state index is 10.3. The Bertz CT molecular complexity index is 1040. The maximum absolute atomic E-state index is 10.3. The van der Waals surface area contributed by atoms with Crippen LogP contribution in [-0.4, -0.2) is 20.1 Å². The lowest BCUT2D eigenvalue weighted by Gasteiger charge is -2.10. The smallest absolute Gasteiger partial charge is 0.142 e. The van der Waals surface area contributed by atoms with E-state index in [9.17, 15) is 5.11 Å². The zero-order valence-electron chi connectivity index (χ0n) is 12.5. The summed E-state index contributed by atoms with van der Waals surface area (Å²) in [6, 6.07) is 14.9. The number of fused-ring (bicyclic) bond motifs is 1. The molecule has 0 saturated carbocycles. The van der Waals surface area contributed by atoms with E-state index in [4.69, 9.17) is 17.3 Å². The molecule has 5 nitrogen and oxygen atoms in total. The summed E-state index contributed by atoms with van der Waals surface area (Å²) < 4.78 is 0. The van der Waals surface area contributed by atoms with Gasteiger partial charge in [-0.3, -0.25) is 4.98 Å². The number of benzene rings is 2. The summed E-state index contributed by atoms with van der Waals surface area (Å²) in [5, 5.41) is 11.4. The van der Waals surface area contributed by atoms with Crippen LogP contribution in [0, 0.1) is 0 Å². The molecule has 0 bridgehead atoms. The Hall–Kier alpha value is -3.05. The van der Waals surface area contributed by atoms with Gasteiger partial charge in [-0.05, 0) is 18.2 Å². The summed E-state index contributed by atoms with van der Waals surface area (Å²) in [4.78, 5) is 11.9. The molecule has 24 heavy (non-hydrogen) atoms. The predicted molar refractivity (Wildman–Crippen MR) is 95.8 cm³/mol. The molecule has 0 unspecified atom stereocenters. The Morgan fingerprint density at radius 3 is 2.58 bits per heavy atom. The summed E-state index contributed by atoms with van der Waals surface area (Å²) >= 11 is 5.99. The van der Waals surface area contributed by atoms with Crippen LogP contribution in [-0.2, 0) is 0 Å². The van der Waals surface area contributed by atoms with E-state index in [1.807, 2.05) is 36.4 Å². The van der Waals surface area contributed by atoms with E-state index < -0.39 is 0 Å². The van der Waals surface area contributed by atoms with Crippen LogP contribution in [0.15, 0.2) is 54.7 Å². The van der Waals surface area contributed by atoms with Crippen molar-refractivity contribution in [2.45, 2.75) is 0 Å². The third-order valence-electron chi connectivity index (χ3n) is 3.80. The highest BCUT2D eigenvalue weighted by Gasteiger charge is 2.14. The van der Waals surface area contributed by atoms with Crippen LogP contribution in [0.25, 0.3) is 33.4 Å². The Morgan fingerprint density at radius 1 is 1.00 bits per heavy atom. The van der Waals surface area contributed by atoms with Crippen LogP contribution in [0.3, 0.4) is 0 Å². The lowest BCUT2D eigenvalue weighted by molar-refractivity contribution is 0.482. The minimum Gasteiger partial charge on any atom is -0.507 e. The molecule has 4 N–H and O–H groups in total. The third-order valence-corrected chi connectivity index (χ3v) is 4.00. The van der Waals surface area contributed by atoms with Gasteiger partial charge in [0, 0.05) is 16.5 Å². The monoisotopic (exact) mass is 336 g/mol. The SMILES string of the molecule is Nc1cnc(-c2cc(O)c3cc(Cl)[nH]c3c2)c(-c2ccccc2)n1. The number of aromatic amines is 1. The number of anilines is 1. The van der Waals surface area contributed by atoms with Crippen LogP contribution in [0.1, 0.15) is 0 Å². The van der Waals surface area contributed by atoms with Gasteiger partial charge in [-0.1, -0.05) is 41.9 Å². The second kappa shape index (κ2) is 5.54. The highest BCUT2D eigenvalue weighted by Crippen LogP contribution is 2.36. The van der Waals surface area contributed by atoms with Crippen molar-refractivity contribution < 1.29 is 5.11 Å². The average molecular weight is 337 g/mol. The first-order valence-electron chi connectivity index (χ1n) is 7.31. The van der Waals surface area contributed by atoms with Gasteiger partial charge in [0.2, 0.25) is 0 Å². The van der Waals surface area contributed by atoms with Crippen molar-refractivity contribution in [1.29, 1.82) is 0 Å². The Morgan fingerprint density at radius 2 is 1.79 bits per heavy atom. The molecule has 0 atom stereocenters. The van der Waals surface area contributed by atoms with Crippen molar-refractivity contribution in [3.8, 4) is 28.3 Å². The topological polar surface area (TPSA) is 87.8 Å². The first-order chi connectivity index (χ1) is 11.6. The van der Waals surface area contributed by atoms with Gasteiger partial charge in [-0.15, -0.1) is 0 Å². The zero-order chi connectivity index (χ0) is 16.7. The van der Waals surface area contributed by atoms with Gasteiger partial charge in [0.25, 0.3) is 0 Å². The molecule has 0 aliphatic carbocycles. The van der Waals surface area contributed by atoms with Crippen molar-refractivity contribution in [3.05, 3.63) is 59.9 Å². The van der Waals surface area contributed by atoms with Crippen LogP contribution in [0.4, 0.5) is 5.82 Å². The van der Waals surface area contributed by atoms with E-state index in [2.05, 4.69) is 15.0 Å². The maximum Gasteiger partial charge on any atom is 0.142 e. The van der Waals surface area contributed by atoms with Crippen LogP contribution >= 0.6 is 11.6 Å². The number of phenols is 1. The number of phenolic OH excluding ortho intramolecular Hbond substituents is 1. The van der Waals surface area contributed by atoms with Gasteiger partial charge in [0.05, 0.1) is 23.1 Å². The van der Waals surface area contributed by atoms with Crippen molar-refractivity contribution >= 4 is 28.3 Å². The first kappa shape index (κ1) is 14.5. The number of nitrogens with one attached hydrogen (secondary N) is 1. The molecular formula is C18H13ClN4O. The molecule has 118 valence electrons. The molecule has 2 aromatic heterocycles. The molecule has 4 aromatic rings. The van der Waals surface area contributed by atoms with Gasteiger partial charge in [-0.2, -0.15) is 0 Å². The van der Waals surface area contributed by atoms with Crippen molar-refractivity contribution in [2.24, 2.45) is 0 Å². The Kier molecular flexibility index (Phi) is 3.36. The molecule has 0 fully saturated rings. The molecule has 4 rings (SSSR count). The standard InChI is InChI=1S/C18H13ClN4O/c19-15-8-12-13(22-15)6-11(7-14(12)24)17-18(23-16(20)9-21-17)10-4-2-1-3-5-10/h1-9,22,24H,(H2,20,23). The second-order valence-corrected chi connectivity index (χ2v) is 5.84. The Labute approximate surface area is 142 Å². The molecular weight excluding hydrogens is 324 g/mol. The van der Waals surface area contributed by atoms with E-state index in [-0.39, 0.29) is 5.75 Å². The number of hydrogen-bond acceptors (Lipinski definition) is 4. The van der Waals surface area contributed by atoms with Gasteiger partial charge in [0.1, 0.15) is 16.7 Å². The van der Waals surface area contributed by atoms with Crippen LogP contribution < -0.4 is 5.73 Å². The van der Waals surface area contributed by atoms with E-state index >= 15 is 0 Å². The largest absolute Gasteiger partial charge is 0.507 e. The first-order valence-corrected chi connectivity index (χ1v) is 7.69. The lowest BCUT2D eigenvalue weighted by Crippen LogP contribution is -1.98. The number of H-pyrrole nitrogens is 1. The number of halogens is 1. The molecule has 6 heteroatoms. The summed E-state index contributed by atoms with van der Waals surface area (Å²) in [7, 11) is 0. The molecule has 0 aliphatic rings. The van der Waals surface area contributed by atoms with Crippen LogP contribution in [0.5, 0.6) is 5.75 Å². The van der Waals surface area contributed by atoms with Gasteiger partial charge >= 0.3 is 0 Å². The summed E-state index contributed by atoms with van der Waals surface area (Å²) in [5.41, 5.74) is 9.47. The average Bonchev–Trinajstić information content (AvgIpc) is 2.96. The van der Waals surface area contributed by atoms with E-state index in [1.165, 1.54) is 6.20 Å². The molecule has 0 radical (unpaired) electrons. The van der Waals surface area contributed by atoms with Crippen LogP contribution in [0.2, 0.25) is 5.15 Å². The zero-order valence-corrected chi connectivity index (χ0v) is 13.2. The predicted octanol–water partition coefficient (Wildman–Crippen LogP) is 4.23. The quantitative estimate of drug-likeness (QED) is 0.511. The Balaban J connectivity index is 1.97. The van der Waals surface area contributed by atoms with E-state index in [0.29, 0.717) is 27.7 Å². The third kappa shape index (κ3) is 2.45. The van der Waals surface area contributed by atoms with Crippen molar-refractivity contribution in [1.82, 2.24) is 15.0 Å². The van der Waals surface area contributed by atoms with Gasteiger partial charge < -0.3 is 15.8 Å². The van der Waals surface area contributed by atoms with E-state index in [1.54, 1.807) is 12.1 Å². The number of aromatic hydroxyl groups is 1. The number of hydrogen-bond donors (Lipinski definition) is 3. The number of aromatic nitrogens is 3. The molecule has 2 aromatic carbocycles. The minimum atomic E-state index is 0.128. The number of nitrogen functional groups attached to an aromatic ring is 1. The lowest BCUT2D eigenvalue weighted by atomic mass is 10.0. The fourth-order valence-corrected chi connectivity index (χ4v) is 2.94. The fourth-order valence-electron chi connectivity index (χ4n) is 2.73. The summed E-state index contributed by atoms with van der Waals surface area (Å²) in [6.07, 6.45) is 1.50.